The molecule has 6 nitrogen and oxygen atoms in total. The maximum atomic E-state index is 12.2. The summed E-state index contributed by atoms with van der Waals surface area (Å²) >= 11 is -1.16. The summed E-state index contributed by atoms with van der Waals surface area (Å²) in [5.74, 6) is -0.257. The third-order valence-corrected chi connectivity index (χ3v) is 4.10. The first-order chi connectivity index (χ1) is 9.19. The zero-order valence-electron chi connectivity index (χ0n) is 11.1. The molecule has 1 aromatic heterocycles. The van der Waals surface area contributed by atoms with Gasteiger partial charge < -0.3 is 13.3 Å². The quantitative estimate of drug-likeness (QED) is 0.612. The first kappa shape index (κ1) is 14.9. The predicted octanol–water partition coefficient (Wildman–Crippen LogP) is 0.614. The van der Waals surface area contributed by atoms with Crippen LogP contribution in [0.3, 0.4) is 0 Å². The number of nitrogens with zero attached hydrogens (tertiary/aromatic N) is 1. The molecule has 0 bridgehead atoms. The normalized spacial score (nSPS) is 13.4. The van der Waals surface area contributed by atoms with Gasteiger partial charge in [0.15, 0.2) is 4.90 Å². The lowest BCUT2D eigenvalue weighted by molar-refractivity contribution is 0.488. The average Bonchev–Trinajstić information content (AvgIpc) is 2.33. The van der Waals surface area contributed by atoms with E-state index in [4.69, 9.17) is 0 Å². The zero-order valence-corrected chi connectivity index (χ0v) is 12.7. The Hall–Kier alpha value is -1.51. The highest BCUT2D eigenvalue weighted by atomic mass is 32.2. The number of rotatable bonds is 3. The van der Waals surface area contributed by atoms with Crippen LogP contribution in [-0.2, 0) is 28.3 Å². The Bertz CT molecular complexity index is 824. The van der Waals surface area contributed by atoms with Crippen LogP contribution in [0.1, 0.15) is 0 Å². The molecular formula is C12H13NO5S2. The van der Waals surface area contributed by atoms with Gasteiger partial charge >= 0.3 is 10.1 Å². The molecule has 0 radical (unpaired) electrons. The molecule has 1 unspecified atom stereocenters. The van der Waals surface area contributed by atoms with E-state index in [0.717, 1.165) is 6.26 Å². The van der Waals surface area contributed by atoms with Crippen molar-refractivity contribution in [3.8, 4) is 5.75 Å². The molecule has 0 N–H and O–H groups in total. The number of hydrogen-bond acceptors (Lipinski definition) is 5. The van der Waals surface area contributed by atoms with Crippen molar-refractivity contribution in [2.24, 2.45) is 7.05 Å². The van der Waals surface area contributed by atoms with Crippen LogP contribution in [0.5, 0.6) is 5.75 Å². The van der Waals surface area contributed by atoms with Gasteiger partial charge in [0.25, 0.3) is 0 Å². The maximum absolute atomic E-state index is 12.2. The second-order valence-corrected chi connectivity index (χ2v) is 7.31. The lowest BCUT2D eigenvalue weighted by Crippen LogP contribution is -2.16. The van der Waals surface area contributed by atoms with Gasteiger partial charge in [0.1, 0.15) is 6.26 Å². The summed E-state index contributed by atoms with van der Waals surface area (Å²) < 4.78 is 40.0. The topological polar surface area (TPSA) is 88.4 Å². The van der Waals surface area contributed by atoms with Gasteiger partial charge in [-0.1, -0.05) is 0 Å². The second-order valence-electron chi connectivity index (χ2n) is 4.35. The van der Waals surface area contributed by atoms with Crippen LogP contribution in [-0.4, -0.2) is 30.0 Å². The summed E-state index contributed by atoms with van der Waals surface area (Å²) in [6.07, 6.45) is 3.72. The Balaban J connectivity index is 2.72. The molecule has 108 valence electrons. The molecule has 0 saturated heterocycles. The summed E-state index contributed by atoms with van der Waals surface area (Å²) in [5.41, 5.74) is 0.0421. The molecule has 0 aliphatic heterocycles. The molecule has 0 fully saturated rings. The summed E-state index contributed by atoms with van der Waals surface area (Å²) in [7, 11) is -2.12. The van der Waals surface area contributed by atoms with Gasteiger partial charge in [0.05, 0.1) is 18.0 Å². The van der Waals surface area contributed by atoms with E-state index < -0.39 is 26.7 Å². The van der Waals surface area contributed by atoms with E-state index in [1.54, 1.807) is 30.0 Å². The van der Waals surface area contributed by atoms with Crippen molar-refractivity contribution in [2.45, 2.75) is 4.90 Å². The summed E-state index contributed by atoms with van der Waals surface area (Å²) in [6, 6.07) is 4.73. The molecule has 0 spiro atoms. The van der Waals surface area contributed by atoms with E-state index in [1.165, 1.54) is 12.3 Å². The summed E-state index contributed by atoms with van der Waals surface area (Å²) in [6.45, 7) is 0. The number of pyridine rings is 1. The molecule has 20 heavy (non-hydrogen) atoms. The summed E-state index contributed by atoms with van der Waals surface area (Å²) in [4.78, 5) is 12.7. The van der Waals surface area contributed by atoms with Crippen molar-refractivity contribution in [1.29, 1.82) is 0 Å². The number of aromatic nitrogens is 1. The smallest absolute Gasteiger partial charge is 0.306 e. The fraction of sp³-hybridized carbons (Fsp3) is 0.250. The van der Waals surface area contributed by atoms with Crippen molar-refractivity contribution in [3.05, 3.63) is 34.6 Å². The average molecular weight is 315 g/mol. The lowest BCUT2D eigenvalue weighted by atomic mass is 10.2. The monoisotopic (exact) mass is 315 g/mol. The van der Waals surface area contributed by atoms with Crippen LogP contribution >= 0.6 is 0 Å². The van der Waals surface area contributed by atoms with Crippen molar-refractivity contribution in [2.75, 3.05) is 12.5 Å². The van der Waals surface area contributed by atoms with Gasteiger partial charge in [-0.15, -0.1) is 0 Å². The third-order valence-electron chi connectivity index (χ3n) is 2.70. The van der Waals surface area contributed by atoms with E-state index in [0.29, 0.717) is 15.8 Å². The molecule has 0 aliphatic rings. The molecule has 1 aromatic carbocycles. The molecule has 8 heteroatoms. The summed E-state index contributed by atoms with van der Waals surface area (Å²) in [5, 5.41) is 0.308. The Morgan fingerprint density at radius 3 is 2.55 bits per heavy atom. The van der Waals surface area contributed by atoms with Crippen LogP contribution in [0.4, 0.5) is 0 Å². The highest BCUT2D eigenvalue weighted by molar-refractivity contribution is 7.90. The van der Waals surface area contributed by atoms with Crippen molar-refractivity contribution >= 4 is 32.2 Å². The Kier molecular flexibility index (Phi) is 3.81. The highest BCUT2D eigenvalue weighted by Crippen LogP contribution is 2.19. The number of benzene rings is 1. The van der Waals surface area contributed by atoms with Gasteiger partial charge in [0, 0.05) is 18.5 Å². The number of hydrogen-bond donors (Lipinski definition) is 0. The minimum absolute atomic E-state index is 0.257. The Labute approximate surface area is 119 Å². The lowest BCUT2D eigenvalue weighted by Gasteiger charge is -2.10. The predicted molar refractivity (Wildman–Crippen MR) is 77.0 cm³/mol. The third kappa shape index (κ3) is 2.97. The molecule has 0 aliphatic carbocycles. The molecular weight excluding hydrogens is 302 g/mol. The van der Waals surface area contributed by atoms with Crippen LogP contribution in [0.2, 0.25) is 0 Å². The molecule has 0 saturated carbocycles. The standard InChI is InChI=1S/C12H13NO5S2/c1-13-7-11(18-20(3,16)17)12(14)9-5-4-8(19(2)15)6-10(9)13/h4-7H,1-3H3. The maximum Gasteiger partial charge on any atom is 0.306 e. The van der Waals surface area contributed by atoms with E-state index >= 15 is 0 Å². The van der Waals surface area contributed by atoms with E-state index in [9.17, 15) is 17.8 Å². The SMILES string of the molecule is Cn1cc(OS(C)(=O)=O)c(=O)c2ccc([S+](C)[O-])cc21. The van der Waals surface area contributed by atoms with Gasteiger partial charge in [-0.3, -0.25) is 4.79 Å². The molecule has 2 aromatic rings. The Morgan fingerprint density at radius 2 is 2.00 bits per heavy atom. The number of aryl methyl sites for hydroxylation is 1. The zero-order chi connectivity index (χ0) is 15.1. The van der Waals surface area contributed by atoms with E-state index in [2.05, 4.69) is 4.18 Å². The molecule has 0 amide bonds. The number of fused-ring (bicyclic) bond motifs is 1. The van der Waals surface area contributed by atoms with Crippen LogP contribution in [0, 0.1) is 0 Å². The van der Waals surface area contributed by atoms with Crippen molar-refractivity contribution in [3.63, 3.8) is 0 Å². The first-order valence-electron chi connectivity index (χ1n) is 5.55. The van der Waals surface area contributed by atoms with E-state index in [-0.39, 0.29) is 5.75 Å². The van der Waals surface area contributed by atoms with Gasteiger partial charge in [0.2, 0.25) is 11.2 Å². The van der Waals surface area contributed by atoms with E-state index in [1.807, 2.05) is 0 Å². The first-order valence-corrected chi connectivity index (χ1v) is 8.93. The van der Waals surface area contributed by atoms with Crippen LogP contribution in [0.15, 0.2) is 34.1 Å². The van der Waals surface area contributed by atoms with Crippen molar-refractivity contribution in [1.82, 2.24) is 4.57 Å². The van der Waals surface area contributed by atoms with Gasteiger partial charge in [-0.05, 0) is 23.3 Å². The highest BCUT2D eigenvalue weighted by Gasteiger charge is 2.15. The molecule has 1 heterocycles. The fourth-order valence-electron chi connectivity index (χ4n) is 1.83. The minimum atomic E-state index is -3.77. The van der Waals surface area contributed by atoms with Gasteiger partial charge in [-0.2, -0.15) is 8.42 Å². The van der Waals surface area contributed by atoms with Gasteiger partial charge in [-0.25, -0.2) is 0 Å². The minimum Gasteiger partial charge on any atom is -0.612 e. The van der Waals surface area contributed by atoms with Crippen molar-refractivity contribution < 1.29 is 17.2 Å². The van der Waals surface area contributed by atoms with Crippen LogP contribution in [0.25, 0.3) is 10.9 Å². The van der Waals surface area contributed by atoms with Crippen LogP contribution < -0.4 is 9.61 Å². The second kappa shape index (κ2) is 5.12. The Morgan fingerprint density at radius 1 is 1.35 bits per heavy atom. The molecule has 2 rings (SSSR count). The largest absolute Gasteiger partial charge is 0.612 e. The molecule has 1 atom stereocenters. The fourth-order valence-corrected chi connectivity index (χ4v) is 2.82.